The molecule has 34 heavy (non-hydrogen) atoms. The van der Waals surface area contributed by atoms with Gasteiger partial charge in [0.2, 0.25) is 5.76 Å². The molecule has 0 aliphatic heterocycles. The van der Waals surface area contributed by atoms with Crippen LogP contribution >= 0.6 is 0 Å². The van der Waals surface area contributed by atoms with Crippen molar-refractivity contribution < 1.29 is 42.5 Å². The topological polar surface area (TPSA) is 130 Å². The number of hydrogen-bond acceptors (Lipinski definition) is 9. The van der Waals surface area contributed by atoms with E-state index in [0.29, 0.717) is 23.1 Å². The molecular formula is C24H23NO9. The van der Waals surface area contributed by atoms with Gasteiger partial charge < -0.3 is 28.7 Å². The summed E-state index contributed by atoms with van der Waals surface area (Å²) < 4.78 is 25.5. The average Bonchev–Trinajstić information content (AvgIpc) is 3.23. The molecule has 10 heteroatoms. The van der Waals surface area contributed by atoms with Crippen LogP contribution in [0.2, 0.25) is 0 Å². The van der Waals surface area contributed by atoms with Crippen molar-refractivity contribution in [2.24, 2.45) is 0 Å². The minimum Gasteiger partial charge on any atom is -0.465 e. The number of ether oxygens (including phenoxy) is 4. The van der Waals surface area contributed by atoms with E-state index in [1.54, 1.807) is 24.3 Å². The van der Waals surface area contributed by atoms with Crippen molar-refractivity contribution in [3.05, 3.63) is 64.9 Å². The van der Waals surface area contributed by atoms with Crippen LogP contribution in [0.3, 0.4) is 0 Å². The van der Waals surface area contributed by atoms with Crippen molar-refractivity contribution in [2.45, 2.75) is 13.5 Å². The number of carbonyl (C=O) groups is 4. The van der Waals surface area contributed by atoms with Crippen LogP contribution in [-0.2, 0) is 30.3 Å². The lowest BCUT2D eigenvalue weighted by molar-refractivity contribution is -0.119. The third-order valence-corrected chi connectivity index (χ3v) is 4.73. The fourth-order valence-corrected chi connectivity index (χ4v) is 3.18. The molecule has 0 radical (unpaired) electrons. The maximum Gasteiger partial charge on any atom is 0.375 e. The lowest BCUT2D eigenvalue weighted by atomic mass is 10.1. The van der Waals surface area contributed by atoms with Crippen LogP contribution in [0.5, 0.6) is 0 Å². The van der Waals surface area contributed by atoms with Gasteiger partial charge in [0, 0.05) is 23.2 Å². The second-order valence-electron chi connectivity index (χ2n) is 6.95. The molecule has 0 fully saturated rings. The number of benzene rings is 2. The van der Waals surface area contributed by atoms with E-state index in [1.165, 1.54) is 32.4 Å². The molecule has 3 rings (SSSR count). The number of methoxy groups -OCH3 is 2. The average molecular weight is 469 g/mol. The molecule has 2 aromatic carbocycles. The Morgan fingerprint density at radius 3 is 2.18 bits per heavy atom. The molecule has 1 heterocycles. The maximum absolute atomic E-state index is 12.6. The van der Waals surface area contributed by atoms with Gasteiger partial charge in [-0.15, -0.1) is 0 Å². The summed E-state index contributed by atoms with van der Waals surface area (Å²) in [7, 11) is 2.37. The van der Waals surface area contributed by atoms with E-state index in [0.717, 1.165) is 0 Å². The van der Waals surface area contributed by atoms with Gasteiger partial charge in [0.05, 0.1) is 32.0 Å². The number of esters is 3. The Labute approximate surface area is 194 Å². The van der Waals surface area contributed by atoms with Gasteiger partial charge in [-0.3, -0.25) is 4.79 Å². The van der Waals surface area contributed by atoms with Gasteiger partial charge in [0.15, 0.2) is 6.61 Å². The molecule has 178 valence electrons. The summed E-state index contributed by atoms with van der Waals surface area (Å²) >= 11 is 0. The Hall–Kier alpha value is -4.18. The summed E-state index contributed by atoms with van der Waals surface area (Å²) in [5.74, 6) is -3.00. The number of para-hydroxylation sites is 1. The molecule has 0 unspecified atom stereocenters. The molecular weight excluding hydrogens is 446 g/mol. The smallest absolute Gasteiger partial charge is 0.375 e. The Bertz CT molecular complexity index is 1190. The number of fused-ring (bicyclic) bond motifs is 1. The number of carbonyl (C=O) groups excluding carboxylic acids is 4. The van der Waals surface area contributed by atoms with Crippen LogP contribution in [0.25, 0.3) is 11.0 Å². The molecule has 0 aliphatic rings. The van der Waals surface area contributed by atoms with E-state index in [9.17, 15) is 19.2 Å². The zero-order valence-corrected chi connectivity index (χ0v) is 18.8. The molecule has 0 aliphatic carbocycles. The predicted molar refractivity (Wildman–Crippen MR) is 120 cm³/mol. The van der Waals surface area contributed by atoms with E-state index < -0.39 is 30.4 Å². The predicted octanol–water partition coefficient (Wildman–Crippen LogP) is 3.34. The first kappa shape index (κ1) is 24.5. The quantitative estimate of drug-likeness (QED) is 0.370. The van der Waals surface area contributed by atoms with Gasteiger partial charge >= 0.3 is 17.9 Å². The third-order valence-electron chi connectivity index (χ3n) is 4.73. The highest BCUT2D eigenvalue weighted by atomic mass is 16.6. The van der Waals surface area contributed by atoms with Crippen molar-refractivity contribution in [2.75, 3.05) is 32.8 Å². The van der Waals surface area contributed by atoms with Crippen LogP contribution in [0, 0.1) is 0 Å². The van der Waals surface area contributed by atoms with E-state index in [-0.39, 0.29) is 29.2 Å². The highest BCUT2D eigenvalue weighted by Gasteiger charge is 2.23. The fraction of sp³-hybridized carbons (Fsp3) is 0.250. The summed E-state index contributed by atoms with van der Waals surface area (Å²) in [5, 5.41) is 3.19. The first-order valence-electron chi connectivity index (χ1n) is 10.2. The molecule has 0 bridgehead atoms. The van der Waals surface area contributed by atoms with E-state index in [2.05, 4.69) is 14.8 Å². The number of furan rings is 1. The Kier molecular flexibility index (Phi) is 7.99. The van der Waals surface area contributed by atoms with Crippen LogP contribution in [0.1, 0.15) is 43.8 Å². The number of rotatable bonds is 9. The van der Waals surface area contributed by atoms with Gasteiger partial charge in [0.25, 0.3) is 5.91 Å². The summed E-state index contributed by atoms with van der Waals surface area (Å²) in [6, 6.07) is 11.0. The second kappa shape index (κ2) is 11.1. The van der Waals surface area contributed by atoms with Gasteiger partial charge in [-0.2, -0.15) is 0 Å². The normalized spacial score (nSPS) is 10.6. The minimum atomic E-state index is -0.834. The van der Waals surface area contributed by atoms with Crippen LogP contribution < -0.4 is 5.32 Å². The summed E-state index contributed by atoms with van der Waals surface area (Å²) in [6.07, 6.45) is 0. The number of amides is 1. The lowest BCUT2D eigenvalue weighted by Gasteiger charge is -2.10. The van der Waals surface area contributed by atoms with Crippen LogP contribution in [-0.4, -0.2) is 51.2 Å². The van der Waals surface area contributed by atoms with Crippen molar-refractivity contribution in [1.82, 2.24) is 0 Å². The summed E-state index contributed by atoms with van der Waals surface area (Å²) in [6.45, 7) is 1.76. The highest BCUT2D eigenvalue weighted by molar-refractivity contribution is 6.01. The van der Waals surface area contributed by atoms with E-state index >= 15 is 0 Å². The molecule has 1 aromatic heterocycles. The van der Waals surface area contributed by atoms with Crippen molar-refractivity contribution >= 4 is 40.5 Å². The molecule has 0 spiro atoms. The van der Waals surface area contributed by atoms with Crippen LogP contribution in [0.4, 0.5) is 5.69 Å². The largest absolute Gasteiger partial charge is 0.465 e. The zero-order chi connectivity index (χ0) is 24.7. The maximum atomic E-state index is 12.6. The van der Waals surface area contributed by atoms with Crippen molar-refractivity contribution in [1.29, 1.82) is 0 Å². The SMILES string of the molecule is CCOCc1c(C(=O)OCC(=O)Nc2cc(C(=O)OC)cc(C(=O)OC)c2)oc2ccccc12. The lowest BCUT2D eigenvalue weighted by Crippen LogP contribution is -2.21. The molecule has 10 nitrogen and oxygen atoms in total. The zero-order valence-electron chi connectivity index (χ0n) is 18.8. The van der Waals surface area contributed by atoms with Crippen molar-refractivity contribution in [3.8, 4) is 0 Å². The molecule has 1 amide bonds. The van der Waals surface area contributed by atoms with E-state index in [4.69, 9.17) is 13.9 Å². The number of anilines is 1. The monoisotopic (exact) mass is 469 g/mol. The van der Waals surface area contributed by atoms with Gasteiger partial charge in [-0.05, 0) is 31.2 Å². The Balaban J connectivity index is 1.74. The van der Waals surface area contributed by atoms with Crippen LogP contribution in [0.15, 0.2) is 46.9 Å². The number of hydrogen-bond donors (Lipinski definition) is 1. The summed E-state index contributed by atoms with van der Waals surface area (Å²) in [4.78, 5) is 48.8. The minimum absolute atomic E-state index is 0.0283. The molecule has 0 saturated heterocycles. The summed E-state index contributed by atoms with van der Waals surface area (Å²) in [5.41, 5.74) is 1.19. The Morgan fingerprint density at radius 1 is 0.912 bits per heavy atom. The van der Waals surface area contributed by atoms with Gasteiger partial charge in [-0.25, -0.2) is 14.4 Å². The second-order valence-corrected chi connectivity index (χ2v) is 6.95. The molecule has 3 aromatic rings. The fourth-order valence-electron chi connectivity index (χ4n) is 3.18. The van der Waals surface area contributed by atoms with Crippen molar-refractivity contribution in [3.63, 3.8) is 0 Å². The highest BCUT2D eigenvalue weighted by Crippen LogP contribution is 2.27. The molecule has 1 N–H and O–H groups in total. The number of nitrogens with one attached hydrogen (secondary N) is 1. The first-order valence-corrected chi connectivity index (χ1v) is 10.2. The molecule has 0 atom stereocenters. The Morgan fingerprint density at radius 2 is 1.56 bits per heavy atom. The van der Waals surface area contributed by atoms with E-state index in [1.807, 2.05) is 6.92 Å². The third kappa shape index (κ3) is 5.59. The standard InChI is InChI=1S/C24H23NO9/c1-4-32-12-18-17-7-5-6-8-19(17)34-21(18)24(29)33-13-20(26)25-16-10-14(22(27)30-2)9-15(11-16)23(28)31-3/h5-11H,4,12-13H2,1-3H3,(H,25,26). The first-order chi connectivity index (χ1) is 16.4. The van der Waals surface area contributed by atoms with Gasteiger partial charge in [0.1, 0.15) is 5.58 Å². The molecule has 0 saturated carbocycles. The van der Waals surface area contributed by atoms with Gasteiger partial charge in [-0.1, -0.05) is 18.2 Å².